The summed E-state index contributed by atoms with van der Waals surface area (Å²) in [5, 5.41) is 32.4. The van der Waals surface area contributed by atoms with Gasteiger partial charge in [0.25, 0.3) is 0 Å². The number of aromatic nitrogens is 2. The molecule has 29 heavy (non-hydrogen) atoms. The lowest BCUT2D eigenvalue weighted by Gasteiger charge is -2.28. The minimum Gasteiger partial charge on any atom is -0.507 e. The Morgan fingerprint density at radius 3 is 2.66 bits per heavy atom. The molecule has 8 heteroatoms. The molecule has 3 aromatic rings. The predicted octanol–water partition coefficient (Wildman–Crippen LogP) is 3.95. The van der Waals surface area contributed by atoms with Crippen molar-refractivity contribution in [2.75, 3.05) is 6.54 Å². The van der Waals surface area contributed by atoms with Gasteiger partial charge in [-0.15, -0.1) is 24.8 Å². The Morgan fingerprint density at radius 2 is 1.93 bits per heavy atom. The van der Waals surface area contributed by atoms with Crippen LogP contribution in [0.3, 0.4) is 0 Å². The Balaban J connectivity index is 0.00000210. The number of benzene rings is 2. The number of halogens is 2. The fourth-order valence-electron chi connectivity index (χ4n) is 3.02. The third kappa shape index (κ3) is 6.09. The van der Waals surface area contributed by atoms with Crippen LogP contribution in [-0.4, -0.2) is 31.8 Å². The summed E-state index contributed by atoms with van der Waals surface area (Å²) in [5.41, 5.74) is 2.67. The van der Waals surface area contributed by atoms with E-state index in [-0.39, 0.29) is 41.7 Å². The predicted molar refractivity (Wildman–Crippen MR) is 119 cm³/mol. The van der Waals surface area contributed by atoms with Gasteiger partial charge in [-0.05, 0) is 50.1 Å². The van der Waals surface area contributed by atoms with Gasteiger partial charge in [0.1, 0.15) is 11.8 Å². The normalized spacial score (nSPS) is 11.9. The summed E-state index contributed by atoms with van der Waals surface area (Å²) < 4.78 is 2.13. The summed E-state index contributed by atoms with van der Waals surface area (Å²) in [7, 11) is 0. The molecular formula is C21H26Cl2N4O2. The topological polar surface area (TPSA) is 94.1 Å². The van der Waals surface area contributed by atoms with Crippen molar-refractivity contribution in [3.05, 3.63) is 59.9 Å². The zero-order valence-electron chi connectivity index (χ0n) is 16.4. The zero-order chi connectivity index (χ0) is 19.4. The lowest BCUT2D eigenvalue weighted by atomic mass is 9.99. The lowest BCUT2D eigenvalue weighted by molar-refractivity contribution is 0.158. The molecule has 1 heterocycles. The number of aryl methyl sites for hydroxylation is 1. The standard InChI is InChI=1S/C21H24N4O2.2ClH/c1-21(2,9-10-25-14-23-17-5-3-4-6-18(17)25)24-13-20(27)15-7-8-19(26)16(11-15)12-22;;/h3-8,11,14,20,24,26-27H,9-10,13H2,1-2H3;2*1H. The molecule has 0 saturated heterocycles. The average Bonchev–Trinajstić information content (AvgIpc) is 3.08. The van der Waals surface area contributed by atoms with E-state index in [1.807, 2.05) is 30.6 Å². The summed E-state index contributed by atoms with van der Waals surface area (Å²) in [4.78, 5) is 4.41. The van der Waals surface area contributed by atoms with E-state index < -0.39 is 6.10 Å². The average molecular weight is 437 g/mol. The van der Waals surface area contributed by atoms with Crippen LogP contribution in [0.5, 0.6) is 5.75 Å². The molecule has 0 amide bonds. The van der Waals surface area contributed by atoms with E-state index in [9.17, 15) is 10.2 Å². The smallest absolute Gasteiger partial charge is 0.133 e. The number of phenols is 1. The van der Waals surface area contributed by atoms with E-state index in [4.69, 9.17) is 5.26 Å². The summed E-state index contributed by atoms with van der Waals surface area (Å²) in [6, 6.07) is 14.6. The van der Waals surface area contributed by atoms with Crippen molar-refractivity contribution < 1.29 is 10.2 Å². The van der Waals surface area contributed by atoms with E-state index in [0.717, 1.165) is 24.0 Å². The number of nitrogens with zero attached hydrogens (tertiary/aromatic N) is 3. The van der Waals surface area contributed by atoms with E-state index in [1.54, 1.807) is 6.07 Å². The molecule has 156 valence electrons. The number of aliphatic hydroxyl groups excluding tert-OH is 1. The number of aromatic hydroxyl groups is 1. The zero-order valence-corrected chi connectivity index (χ0v) is 18.0. The van der Waals surface area contributed by atoms with Gasteiger partial charge < -0.3 is 20.1 Å². The van der Waals surface area contributed by atoms with E-state index in [0.29, 0.717) is 12.1 Å². The van der Waals surface area contributed by atoms with E-state index in [2.05, 4.69) is 34.8 Å². The van der Waals surface area contributed by atoms with Crippen LogP contribution in [0.25, 0.3) is 11.0 Å². The van der Waals surface area contributed by atoms with Crippen LogP contribution in [0.4, 0.5) is 0 Å². The quantitative estimate of drug-likeness (QED) is 0.521. The first-order valence-corrected chi connectivity index (χ1v) is 8.95. The number of fused-ring (bicyclic) bond motifs is 1. The fourth-order valence-corrected chi connectivity index (χ4v) is 3.02. The monoisotopic (exact) mass is 436 g/mol. The first-order chi connectivity index (χ1) is 12.9. The number of β-amino-alcohol motifs (C(OH)–C–C–N with tert-alkyl or cyclic N) is 1. The van der Waals surface area contributed by atoms with Crippen molar-refractivity contribution in [1.29, 1.82) is 5.26 Å². The highest BCUT2D eigenvalue weighted by Gasteiger charge is 2.20. The number of hydrogen-bond donors (Lipinski definition) is 3. The fraction of sp³-hybridized carbons (Fsp3) is 0.333. The SMILES string of the molecule is CC(C)(CCn1cnc2ccccc21)NCC(O)c1ccc(O)c(C#N)c1.Cl.Cl. The highest BCUT2D eigenvalue weighted by atomic mass is 35.5. The van der Waals surface area contributed by atoms with Gasteiger partial charge in [0.05, 0.1) is 29.0 Å². The molecule has 0 fully saturated rings. The summed E-state index contributed by atoms with van der Waals surface area (Å²) >= 11 is 0. The second-order valence-electron chi connectivity index (χ2n) is 7.35. The van der Waals surface area contributed by atoms with Crippen molar-refractivity contribution in [2.24, 2.45) is 0 Å². The Hall–Kier alpha value is -2.30. The largest absolute Gasteiger partial charge is 0.507 e. The molecule has 3 rings (SSSR count). The van der Waals surface area contributed by atoms with Gasteiger partial charge in [-0.2, -0.15) is 5.26 Å². The lowest BCUT2D eigenvalue weighted by Crippen LogP contribution is -2.42. The highest BCUT2D eigenvalue weighted by molar-refractivity contribution is 5.85. The molecule has 1 atom stereocenters. The number of hydrogen-bond acceptors (Lipinski definition) is 5. The van der Waals surface area contributed by atoms with Crippen LogP contribution in [0, 0.1) is 11.3 Å². The van der Waals surface area contributed by atoms with Gasteiger partial charge in [-0.1, -0.05) is 18.2 Å². The van der Waals surface area contributed by atoms with Crippen LogP contribution in [-0.2, 0) is 6.54 Å². The first kappa shape index (κ1) is 24.7. The Kier molecular flexibility index (Phi) is 8.93. The first-order valence-electron chi connectivity index (χ1n) is 8.95. The van der Waals surface area contributed by atoms with Crippen molar-refractivity contribution in [1.82, 2.24) is 14.9 Å². The molecule has 0 aliphatic carbocycles. The summed E-state index contributed by atoms with van der Waals surface area (Å²) in [6.07, 6.45) is 1.96. The molecule has 0 radical (unpaired) electrons. The molecular weight excluding hydrogens is 411 g/mol. The molecule has 0 bridgehead atoms. The van der Waals surface area contributed by atoms with Gasteiger partial charge in [-0.3, -0.25) is 0 Å². The molecule has 6 nitrogen and oxygen atoms in total. The number of aliphatic hydroxyl groups is 1. The number of imidazole rings is 1. The molecule has 1 aromatic heterocycles. The number of rotatable bonds is 7. The molecule has 2 aromatic carbocycles. The number of nitriles is 1. The van der Waals surface area contributed by atoms with Crippen LogP contribution in [0.2, 0.25) is 0 Å². The van der Waals surface area contributed by atoms with Gasteiger partial charge in [0.2, 0.25) is 0 Å². The molecule has 0 aliphatic heterocycles. The maximum absolute atomic E-state index is 10.4. The van der Waals surface area contributed by atoms with Crippen molar-refractivity contribution in [3.63, 3.8) is 0 Å². The van der Waals surface area contributed by atoms with Crippen LogP contribution >= 0.6 is 24.8 Å². The summed E-state index contributed by atoms with van der Waals surface area (Å²) in [6.45, 7) is 5.36. The molecule has 3 N–H and O–H groups in total. The Labute approximate surface area is 183 Å². The second kappa shape index (κ2) is 10.5. The second-order valence-corrected chi connectivity index (χ2v) is 7.35. The van der Waals surface area contributed by atoms with Crippen LogP contribution < -0.4 is 5.32 Å². The third-order valence-corrected chi connectivity index (χ3v) is 4.80. The highest BCUT2D eigenvalue weighted by Crippen LogP contribution is 2.22. The summed E-state index contributed by atoms with van der Waals surface area (Å²) in [5.74, 6) is -0.0747. The van der Waals surface area contributed by atoms with E-state index >= 15 is 0 Å². The van der Waals surface area contributed by atoms with Gasteiger partial charge >= 0.3 is 0 Å². The maximum atomic E-state index is 10.4. The van der Waals surface area contributed by atoms with Gasteiger partial charge in [0.15, 0.2) is 0 Å². The van der Waals surface area contributed by atoms with Crippen molar-refractivity contribution >= 4 is 35.8 Å². The molecule has 1 unspecified atom stereocenters. The number of nitrogens with one attached hydrogen (secondary N) is 1. The number of para-hydroxylation sites is 2. The van der Waals surface area contributed by atoms with Gasteiger partial charge in [0, 0.05) is 18.6 Å². The Bertz CT molecular complexity index is 982. The minimum absolute atomic E-state index is 0. The van der Waals surface area contributed by atoms with Crippen molar-refractivity contribution in [2.45, 2.75) is 38.5 Å². The third-order valence-electron chi connectivity index (χ3n) is 4.80. The van der Waals surface area contributed by atoms with Crippen LogP contribution in [0.15, 0.2) is 48.8 Å². The molecule has 0 saturated carbocycles. The maximum Gasteiger partial charge on any atom is 0.133 e. The van der Waals surface area contributed by atoms with E-state index in [1.165, 1.54) is 12.1 Å². The molecule has 0 aliphatic rings. The molecule has 0 spiro atoms. The number of phenolic OH excluding ortho intramolecular Hbond substituents is 1. The van der Waals surface area contributed by atoms with Gasteiger partial charge in [-0.25, -0.2) is 4.98 Å². The van der Waals surface area contributed by atoms with Crippen molar-refractivity contribution in [3.8, 4) is 11.8 Å². The van der Waals surface area contributed by atoms with Crippen LogP contribution in [0.1, 0.15) is 37.5 Å². The Morgan fingerprint density at radius 1 is 1.21 bits per heavy atom. The minimum atomic E-state index is -0.758.